The van der Waals surface area contributed by atoms with E-state index < -0.39 is 0 Å². The van der Waals surface area contributed by atoms with Crippen LogP contribution in [-0.4, -0.2) is 20.2 Å². The van der Waals surface area contributed by atoms with Crippen LogP contribution in [0.4, 0.5) is 0 Å². The van der Waals surface area contributed by atoms with E-state index in [1.54, 1.807) is 7.11 Å². The fourth-order valence-corrected chi connectivity index (χ4v) is 3.33. The summed E-state index contributed by atoms with van der Waals surface area (Å²) in [5.41, 5.74) is 2.99. The minimum absolute atomic E-state index is 0.331. The van der Waals surface area contributed by atoms with Crippen LogP contribution >= 0.6 is 0 Å². The van der Waals surface area contributed by atoms with E-state index in [-0.39, 0.29) is 0 Å². The molecule has 0 unspecified atom stereocenters. The van der Waals surface area contributed by atoms with E-state index in [2.05, 4.69) is 44.3 Å². The molecule has 1 aromatic rings. The second-order valence-corrected chi connectivity index (χ2v) is 5.93. The van der Waals surface area contributed by atoms with Crippen LogP contribution < -0.4 is 10.1 Å². The van der Waals surface area contributed by atoms with Gasteiger partial charge >= 0.3 is 0 Å². The Morgan fingerprint density at radius 1 is 1.32 bits per heavy atom. The predicted molar refractivity (Wildman–Crippen MR) is 81.0 cm³/mol. The highest BCUT2D eigenvalue weighted by atomic mass is 16.5. The molecule has 1 aromatic carbocycles. The van der Waals surface area contributed by atoms with Crippen LogP contribution in [0.25, 0.3) is 0 Å². The molecule has 0 bridgehead atoms. The summed E-state index contributed by atoms with van der Waals surface area (Å²) < 4.78 is 5.49. The molecule has 0 amide bonds. The van der Waals surface area contributed by atoms with Crippen molar-refractivity contribution in [3.05, 3.63) is 29.3 Å². The molecule has 0 saturated heterocycles. The average molecular weight is 261 g/mol. The lowest BCUT2D eigenvalue weighted by atomic mass is 9.57. The molecule has 1 aliphatic rings. The van der Waals surface area contributed by atoms with Crippen LogP contribution in [0.5, 0.6) is 5.75 Å². The van der Waals surface area contributed by atoms with Crippen molar-refractivity contribution in [2.75, 3.05) is 20.2 Å². The lowest BCUT2D eigenvalue weighted by Crippen LogP contribution is -2.48. The molecule has 0 aromatic heterocycles. The highest BCUT2D eigenvalue weighted by Gasteiger charge is 2.44. The summed E-state index contributed by atoms with van der Waals surface area (Å²) in [7, 11) is 1.76. The lowest BCUT2D eigenvalue weighted by molar-refractivity contribution is 0.134. The molecule has 1 saturated carbocycles. The van der Waals surface area contributed by atoms with E-state index >= 15 is 0 Å². The molecule has 1 fully saturated rings. The Balaban J connectivity index is 2.24. The number of benzene rings is 1. The SMILES string of the molecule is CCNCC1(c2ccc(C)c(OC)c2)CC(CC)C1. The summed E-state index contributed by atoms with van der Waals surface area (Å²) in [5.74, 6) is 1.92. The predicted octanol–water partition coefficient (Wildman–Crippen LogP) is 3.67. The molecule has 0 aliphatic heterocycles. The van der Waals surface area contributed by atoms with E-state index in [9.17, 15) is 0 Å². The van der Waals surface area contributed by atoms with Crippen LogP contribution in [0.15, 0.2) is 18.2 Å². The Hall–Kier alpha value is -1.02. The molecule has 106 valence electrons. The molecule has 2 heteroatoms. The zero-order valence-electron chi connectivity index (χ0n) is 12.8. The van der Waals surface area contributed by atoms with Gasteiger partial charge in [0.25, 0.3) is 0 Å². The number of ether oxygens (including phenoxy) is 1. The summed E-state index contributed by atoms with van der Waals surface area (Å²) in [4.78, 5) is 0. The van der Waals surface area contributed by atoms with Gasteiger partial charge in [-0.3, -0.25) is 0 Å². The first-order valence-electron chi connectivity index (χ1n) is 7.51. The minimum Gasteiger partial charge on any atom is -0.496 e. The maximum absolute atomic E-state index is 5.49. The molecule has 19 heavy (non-hydrogen) atoms. The van der Waals surface area contributed by atoms with Gasteiger partial charge in [0, 0.05) is 12.0 Å². The first-order chi connectivity index (χ1) is 9.15. The molecule has 0 heterocycles. The molecular weight excluding hydrogens is 234 g/mol. The number of methoxy groups -OCH3 is 1. The third kappa shape index (κ3) is 2.79. The number of likely N-dealkylation sites (N-methyl/N-ethyl adjacent to an activating group) is 1. The van der Waals surface area contributed by atoms with Gasteiger partial charge in [0.1, 0.15) is 5.75 Å². The lowest BCUT2D eigenvalue weighted by Gasteiger charge is -2.48. The van der Waals surface area contributed by atoms with Gasteiger partial charge in [-0.05, 0) is 49.4 Å². The average Bonchev–Trinajstić information content (AvgIpc) is 2.39. The zero-order valence-corrected chi connectivity index (χ0v) is 12.8. The first-order valence-corrected chi connectivity index (χ1v) is 7.51. The third-order valence-electron chi connectivity index (χ3n) is 4.67. The molecule has 2 nitrogen and oxygen atoms in total. The summed E-state index contributed by atoms with van der Waals surface area (Å²) >= 11 is 0. The standard InChI is InChI=1S/C17H27NO/c1-5-14-10-17(11-14,12-18-6-2)15-8-7-13(3)16(9-15)19-4/h7-9,14,18H,5-6,10-12H2,1-4H3. The second kappa shape index (κ2) is 5.96. The van der Waals surface area contributed by atoms with Gasteiger partial charge in [-0.2, -0.15) is 0 Å². The number of aryl methyl sites for hydroxylation is 1. The van der Waals surface area contributed by atoms with Crippen molar-refractivity contribution in [1.29, 1.82) is 0 Å². The minimum atomic E-state index is 0.331. The van der Waals surface area contributed by atoms with Crippen molar-refractivity contribution in [2.45, 2.75) is 45.4 Å². The normalized spacial score (nSPS) is 26.0. The summed E-state index contributed by atoms with van der Waals surface area (Å²) in [5, 5.41) is 3.55. The second-order valence-electron chi connectivity index (χ2n) is 5.93. The maximum Gasteiger partial charge on any atom is 0.122 e. The van der Waals surface area contributed by atoms with Gasteiger partial charge in [0.15, 0.2) is 0 Å². The Morgan fingerprint density at radius 3 is 2.63 bits per heavy atom. The molecule has 1 aliphatic carbocycles. The molecule has 1 N–H and O–H groups in total. The van der Waals surface area contributed by atoms with E-state index in [1.165, 1.54) is 30.4 Å². The van der Waals surface area contributed by atoms with Crippen LogP contribution in [0.2, 0.25) is 0 Å². The quantitative estimate of drug-likeness (QED) is 0.843. The Bertz CT molecular complexity index is 416. The van der Waals surface area contributed by atoms with Crippen LogP contribution in [0.3, 0.4) is 0 Å². The first kappa shape index (κ1) is 14.4. The van der Waals surface area contributed by atoms with Gasteiger partial charge in [-0.1, -0.05) is 32.4 Å². The smallest absolute Gasteiger partial charge is 0.122 e. The Morgan fingerprint density at radius 2 is 2.05 bits per heavy atom. The van der Waals surface area contributed by atoms with Crippen LogP contribution in [0, 0.1) is 12.8 Å². The highest BCUT2D eigenvalue weighted by molar-refractivity contribution is 5.41. The van der Waals surface area contributed by atoms with Crippen molar-refractivity contribution in [3.8, 4) is 5.75 Å². The zero-order chi connectivity index (χ0) is 13.9. The van der Waals surface area contributed by atoms with E-state index in [4.69, 9.17) is 4.74 Å². The van der Waals surface area contributed by atoms with E-state index in [1.807, 2.05) is 0 Å². The fourth-order valence-electron chi connectivity index (χ4n) is 3.33. The number of hydrogen-bond acceptors (Lipinski definition) is 2. The van der Waals surface area contributed by atoms with Gasteiger partial charge in [0.05, 0.1) is 7.11 Å². The Kier molecular flexibility index (Phi) is 4.51. The van der Waals surface area contributed by atoms with Crippen molar-refractivity contribution >= 4 is 0 Å². The fraction of sp³-hybridized carbons (Fsp3) is 0.647. The molecule has 0 radical (unpaired) electrons. The number of hydrogen-bond donors (Lipinski definition) is 1. The van der Waals surface area contributed by atoms with Crippen molar-refractivity contribution in [1.82, 2.24) is 5.32 Å². The van der Waals surface area contributed by atoms with Crippen LogP contribution in [-0.2, 0) is 5.41 Å². The molecular formula is C17H27NO. The molecule has 2 rings (SSSR count). The van der Waals surface area contributed by atoms with Gasteiger partial charge in [0.2, 0.25) is 0 Å². The maximum atomic E-state index is 5.49. The highest BCUT2D eigenvalue weighted by Crippen LogP contribution is 2.49. The molecule has 0 atom stereocenters. The summed E-state index contributed by atoms with van der Waals surface area (Å²) in [6.07, 6.45) is 3.92. The largest absolute Gasteiger partial charge is 0.496 e. The number of rotatable bonds is 6. The Labute approximate surface area is 117 Å². The molecule has 0 spiro atoms. The summed E-state index contributed by atoms with van der Waals surface area (Å²) in [6.45, 7) is 8.72. The van der Waals surface area contributed by atoms with Crippen LogP contribution in [0.1, 0.15) is 44.2 Å². The third-order valence-corrected chi connectivity index (χ3v) is 4.67. The van der Waals surface area contributed by atoms with Gasteiger partial charge < -0.3 is 10.1 Å². The monoisotopic (exact) mass is 261 g/mol. The summed E-state index contributed by atoms with van der Waals surface area (Å²) in [6, 6.07) is 6.74. The topological polar surface area (TPSA) is 21.3 Å². The van der Waals surface area contributed by atoms with Crippen molar-refractivity contribution < 1.29 is 4.74 Å². The number of nitrogens with one attached hydrogen (secondary N) is 1. The van der Waals surface area contributed by atoms with Crippen molar-refractivity contribution in [3.63, 3.8) is 0 Å². The van der Waals surface area contributed by atoms with Crippen molar-refractivity contribution in [2.24, 2.45) is 5.92 Å². The van der Waals surface area contributed by atoms with Gasteiger partial charge in [-0.25, -0.2) is 0 Å². The van der Waals surface area contributed by atoms with Gasteiger partial charge in [-0.15, -0.1) is 0 Å². The van der Waals surface area contributed by atoms with E-state index in [0.717, 1.165) is 24.8 Å². The van der Waals surface area contributed by atoms with E-state index in [0.29, 0.717) is 5.41 Å².